The molecule has 2 nitrogen and oxygen atoms in total. The van der Waals surface area contributed by atoms with Gasteiger partial charge < -0.3 is 5.32 Å². The fourth-order valence-electron chi connectivity index (χ4n) is 1.32. The smallest absolute Gasteiger partial charge is 0.166 e. The number of unbranched alkanes of at least 4 members (excludes halogenated alkanes) is 3. The third-order valence-electron chi connectivity index (χ3n) is 2.16. The van der Waals surface area contributed by atoms with E-state index in [1.54, 1.807) is 6.20 Å². The molecule has 16 heavy (non-hydrogen) atoms. The van der Waals surface area contributed by atoms with Crippen LogP contribution in [0.2, 0.25) is 0 Å². The molecule has 90 valence electrons. The Labute approximate surface area is 109 Å². The second-order valence-corrected chi connectivity index (χ2v) is 4.81. The lowest BCUT2D eigenvalue weighted by molar-refractivity contribution is 0.620. The van der Waals surface area contributed by atoms with Gasteiger partial charge in [-0.1, -0.05) is 12.8 Å². The van der Waals surface area contributed by atoms with Crippen molar-refractivity contribution in [1.29, 1.82) is 0 Å². The summed E-state index contributed by atoms with van der Waals surface area (Å²) in [6, 6.07) is 1.41. The molecule has 5 heteroatoms. The predicted molar refractivity (Wildman–Crippen MR) is 69.6 cm³/mol. The molecule has 1 aromatic heterocycles. The normalized spacial score (nSPS) is 10.4. The minimum atomic E-state index is -0.324. The monoisotopic (exact) mass is 308 g/mol. The summed E-state index contributed by atoms with van der Waals surface area (Å²) in [4.78, 5) is 3.96. The van der Waals surface area contributed by atoms with Gasteiger partial charge in [0.25, 0.3) is 0 Å². The first kappa shape index (κ1) is 13.7. The molecule has 0 unspecified atom stereocenters. The van der Waals surface area contributed by atoms with E-state index in [-0.39, 0.29) is 5.82 Å². The maximum absolute atomic E-state index is 13.3. The molecular weight excluding hydrogens is 294 g/mol. The van der Waals surface area contributed by atoms with Gasteiger partial charge in [-0.2, -0.15) is 0 Å². The topological polar surface area (TPSA) is 24.9 Å². The number of rotatable bonds is 7. The van der Waals surface area contributed by atoms with Gasteiger partial charge in [-0.25, -0.2) is 9.37 Å². The number of nitrogens with zero attached hydrogens (tertiary/aromatic N) is 1. The molecule has 1 heterocycles. The van der Waals surface area contributed by atoms with Crippen LogP contribution in [0.25, 0.3) is 0 Å². The van der Waals surface area contributed by atoms with Crippen molar-refractivity contribution < 1.29 is 4.39 Å². The van der Waals surface area contributed by atoms with Gasteiger partial charge in [-0.05, 0) is 34.8 Å². The third-order valence-corrected chi connectivity index (χ3v) is 2.86. The fourth-order valence-corrected chi connectivity index (χ4v) is 1.82. The molecule has 0 radical (unpaired) electrons. The van der Waals surface area contributed by atoms with Crippen molar-refractivity contribution in [3.05, 3.63) is 22.6 Å². The minimum Gasteiger partial charge on any atom is -0.368 e. The molecule has 1 N–H and O–H groups in total. The molecule has 1 rings (SSSR count). The maximum Gasteiger partial charge on any atom is 0.166 e. The zero-order chi connectivity index (χ0) is 11.8. The Bertz CT molecular complexity index is 323. The van der Waals surface area contributed by atoms with E-state index >= 15 is 0 Å². The van der Waals surface area contributed by atoms with E-state index in [0.717, 1.165) is 38.1 Å². The first-order chi connectivity index (χ1) is 7.74. The van der Waals surface area contributed by atoms with Crippen molar-refractivity contribution in [1.82, 2.24) is 4.98 Å². The molecule has 1 aromatic rings. The highest BCUT2D eigenvalue weighted by Crippen LogP contribution is 2.16. The zero-order valence-electron chi connectivity index (χ0n) is 8.98. The quantitative estimate of drug-likeness (QED) is 0.603. The van der Waals surface area contributed by atoms with Crippen LogP contribution in [-0.2, 0) is 0 Å². The Morgan fingerprint density at radius 1 is 1.31 bits per heavy atom. The number of pyridine rings is 1. The summed E-state index contributed by atoms with van der Waals surface area (Å²) in [6.45, 7) is 0.744. The first-order valence-electron chi connectivity index (χ1n) is 5.35. The van der Waals surface area contributed by atoms with E-state index in [1.165, 1.54) is 6.07 Å². The molecule has 0 amide bonds. The Hall–Kier alpha value is -0.350. The van der Waals surface area contributed by atoms with Crippen LogP contribution < -0.4 is 5.32 Å². The van der Waals surface area contributed by atoms with E-state index < -0.39 is 0 Å². The number of nitrogens with one attached hydrogen (secondary N) is 1. The largest absolute Gasteiger partial charge is 0.368 e. The van der Waals surface area contributed by atoms with Crippen LogP contribution in [0.15, 0.2) is 16.7 Å². The number of anilines is 1. The third kappa shape index (κ3) is 5.12. The highest BCUT2D eigenvalue weighted by atomic mass is 79.9. The lowest BCUT2D eigenvalue weighted by Gasteiger charge is -2.06. The lowest BCUT2D eigenvalue weighted by atomic mass is 10.2. The van der Waals surface area contributed by atoms with Crippen molar-refractivity contribution in [2.24, 2.45) is 0 Å². The standard InChI is InChI=1S/C11H15BrClFN2/c12-9-7-10(14)11(16-8-9)15-6-4-2-1-3-5-13/h7-8H,1-6H2,(H,15,16). The summed E-state index contributed by atoms with van der Waals surface area (Å²) in [5.41, 5.74) is 0. The first-order valence-corrected chi connectivity index (χ1v) is 6.67. The van der Waals surface area contributed by atoms with Crippen LogP contribution in [0.3, 0.4) is 0 Å². The summed E-state index contributed by atoms with van der Waals surface area (Å²) in [7, 11) is 0. The molecular formula is C11H15BrClFN2. The second-order valence-electron chi connectivity index (χ2n) is 3.51. The number of hydrogen-bond acceptors (Lipinski definition) is 2. The van der Waals surface area contributed by atoms with Crippen LogP contribution in [0.5, 0.6) is 0 Å². The molecule has 0 aliphatic heterocycles. The van der Waals surface area contributed by atoms with E-state index in [1.807, 2.05) is 0 Å². The number of hydrogen-bond donors (Lipinski definition) is 1. The zero-order valence-corrected chi connectivity index (χ0v) is 11.3. The molecule has 0 saturated carbocycles. The number of aromatic nitrogens is 1. The van der Waals surface area contributed by atoms with E-state index in [0.29, 0.717) is 10.3 Å². The Balaban J connectivity index is 2.21. The summed E-state index contributed by atoms with van der Waals surface area (Å²) in [5, 5.41) is 2.98. The Kier molecular flexibility index (Phi) is 6.73. The van der Waals surface area contributed by atoms with E-state index in [2.05, 4.69) is 26.2 Å². The van der Waals surface area contributed by atoms with Gasteiger partial charge in [0.2, 0.25) is 0 Å². The highest BCUT2D eigenvalue weighted by molar-refractivity contribution is 9.10. The van der Waals surface area contributed by atoms with Gasteiger partial charge in [-0.3, -0.25) is 0 Å². The van der Waals surface area contributed by atoms with Gasteiger partial charge in [0.1, 0.15) is 0 Å². The summed E-state index contributed by atoms with van der Waals surface area (Å²) >= 11 is 8.73. The number of halogens is 3. The molecule has 0 aliphatic carbocycles. The van der Waals surface area contributed by atoms with Crippen molar-refractivity contribution in [3.63, 3.8) is 0 Å². The van der Waals surface area contributed by atoms with Gasteiger partial charge in [0.05, 0.1) is 0 Å². The second kappa shape index (κ2) is 7.85. The van der Waals surface area contributed by atoms with Gasteiger partial charge in [0, 0.05) is 23.1 Å². The van der Waals surface area contributed by atoms with Gasteiger partial charge >= 0.3 is 0 Å². The maximum atomic E-state index is 13.3. The fraction of sp³-hybridized carbons (Fsp3) is 0.545. The highest BCUT2D eigenvalue weighted by Gasteiger charge is 2.02. The average Bonchev–Trinajstić information content (AvgIpc) is 2.26. The molecule has 0 aliphatic rings. The molecule has 0 spiro atoms. The van der Waals surface area contributed by atoms with Crippen molar-refractivity contribution in [2.45, 2.75) is 25.7 Å². The Morgan fingerprint density at radius 3 is 2.75 bits per heavy atom. The van der Waals surface area contributed by atoms with Crippen LogP contribution in [0, 0.1) is 5.82 Å². The lowest BCUT2D eigenvalue weighted by Crippen LogP contribution is -2.05. The SMILES string of the molecule is Fc1cc(Br)cnc1NCCCCCCCl. The Morgan fingerprint density at radius 2 is 2.06 bits per heavy atom. The predicted octanol–water partition coefficient (Wildman–Crippen LogP) is 4.19. The van der Waals surface area contributed by atoms with Crippen LogP contribution >= 0.6 is 27.5 Å². The van der Waals surface area contributed by atoms with Crippen LogP contribution in [-0.4, -0.2) is 17.4 Å². The minimum absolute atomic E-state index is 0.320. The van der Waals surface area contributed by atoms with Crippen molar-refractivity contribution in [3.8, 4) is 0 Å². The number of alkyl halides is 1. The summed E-state index contributed by atoms with van der Waals surface area (Å²) < 4.78 is 14.0. The molecule has 0 atom stereocenters. The summed E-state index contributed by atoms with van der Waals surface area (Å²) in [5.74, 6) is 0.715. The van der Waals surface area contributed by atoms with E-state index in [4.69, 9.17) is 11.6 Å². The van der Waals surface area contributed by atoms with Gasteiger partial charge in [0.15, 0.2) is 11.6 Å². The molecule has 0 bridgehead atoms. The van der Waals surface area contributed by atoms with Gasteiger partial charge in [-0.15, -0.1) is 11.6 Å². The average molecular weight is 310 g/mol. The molecule has 0 saturated heterocycles. The summed E-state index contributed by atoms with van der Waals surface area (Å²) in [6.07, 6.45) is 5.87. The van der Waals surface area contributed by atoms with Crippen LogP contribution in [0.4, 0.5) is 10.2 Å². The molecule has 0 fully saturated rings. The molecule has 0 aromatic carbocycles. The van der Waals surface area contributed by atoms with Crippen molar-refractivity contribution in [2.75, 3.05) is 17.7 Å². The van der Waals surface area contributed by atoms with E-state index in [9.17, 15) is 4.39 Å². The van der Waals surface area contributed by atoms with Crippen molar-refractivity contribution >= 4 is 33.3 Å². The van der Waals surface area contributed by atoms with Crippen LogP contribution in [0.1, 0.15) is 25.7 Å².